The molecule has 1 atom stereocenters. The number of rotatable bonds is 3. The first-order valence-corrected chi connectivity index (χ1v) is 5.04. The molecular formula is C11H14BrN. The van der Waals surface area contributed by atoms with Crippen molar-refractivity contribution in [1.82, 2.24) is 5.32 Å². The number of aryl methyl sites for hydroxylation is 1. The SMILES string of the molecule is C=CC(NC)c1ccc(Br)c(C)c1. The predicted molar refractivity (Wildman–Crippen MR) is 60.9 cm³/mol. The summed E-state index contributed by atoms with van der Waals surface area (Å²) in [5.74, 6) is 0. The van der Waals surface area contributed by atoms with Crippen molar-refractivity contribution in [1.29, 1.82) is 0 Å². The molecule has 0 aliphatic heterocycles. The van der Waals surface area contributed by atoms with Crippen LogP contribution in [0.4, 0.5) is 0 Å². The van der Waals surface area contributed by atoms with Gasteiger partial charge in [0.1, 0.15) is 0 Å². The van der Waals surface area contributed by atoms with Gasteiger partial charge in [-0.25, -0.2) is 0 Å². The zero-order valence-corrected chi connectivity index (χ0v) is 9.56. The van der Waals surface area contributed by atoms with Crippen molar-refractivity contribution < 1.29 is 0 Å². The van der Waals surface area contributed by atoms with E-state index in [-0.39, 0.29) is 6.04 Å². The average Bonchev–Trinajstić information content (AvgIpc) is 2.13. The Morgan fingerprint density at radius 2 is 2.23 bits per heavy atom. The Hall–Kier alpha value is -0.600. The Kier molecular flexibility index (Phi) is 3.70. The van der Waals surface area contributed by atoms with Crippen LogP contribution >= 0.6 is 15.9 Å². The van der Waals surface area contributed by atoms with E-state index in [2.05, 4.69) is 52.9 Å². The van der Waals surface area contributed by atoms with Crippen molar-refractivity contribution in [3.05, 3.63) is 46.5 Å². The Labute approximate surface area is 88.0 Å². The molecule has 0 saturated heterocycles. The van der Waals surface area contributed by atoms with Crippen LogP contribution in [0.2, 0.25) is 0 Å². The first kappa shape index (κ1) is 10.5. The molecule has 0 radical (unpaired) electrons. The summed E-state index contributed by atoms with van der Waals surface area (Å²) >= 11 is 3.48. The lowest BCUT2D eigenvalue weighted by molar-refractivity contribution is 0.715. The van der Waals surface area contributed by atoms with Crippen molar-refractivity contribution in [3.63, 3.8) is 0 Å². The van der Waals surface area contributed by atoms with Gasteiger partial charge in [-0.15, -0.1) is 6.58 Å². The van der Waals surface area contributed by atoms with Crippen LogP contribution in [0, 0.1) is 6.92 Å². The summed E-state index contributed by atoms with van der Waals surface area (Å²) < 4.78 is 1.15. The summed E-state index contributed by atoms with van der Waals surface area (Å²) in [6.45, 7) is 5.87. The third kappa shape index (κ3) is 2.42. The number of benzene rings is 1. The molecule has 0 aliphatic carbocycles. The topological polar surface area (TPSA) is 12.0 Å². The lowest BCUT2D eigenvalue weighted by Crippen LogP contribution is -2.13. The van der Waals surface area contributed by atoms with Crippen molar-refractivity contribution in [2.75, 3.05) is 7.05 Å². The Morgan fingerprint density at radius 3 is 2.69 bits per heavy atom. The molecule has 0 aromatic heterocycles. The van der Waals surface area contributed by atoms with Crippen LogP contribution < -0.4 is 5.32 Å². The minimum atomic E-state index is 0.242. The average molecular weight is 240 g/mol. The van der Waals surface area contributed by atoms with Gasteiger partial charge in [-0.05, 0) is 31.2 Å². The first-order valence-electron chi connectivity index (χ1n) is 4.25. The van der Waals surface area contributed by atoms with Gasteiger partial charge in [0.15, 0.2) is 0 Å². The summed E-state index contributed by atoms with van der Waals surface area (Å²) in [6.07, 6.45) is 1.91. The van der Waals surface area contributed by atoms with Crippen LogP contribution in [0.1, 0.15) is 17.2 Å². The van der Waals surface area contributed by atoms with E-state index in [1.54, 1.807) is 0 Å². The van der Waals surface area contributed by atoms with Gasteiger partial charge in [-0.1, -0.05) is 34.1 Å². The number of nitrogens with one attached hydrogen (secondary N) is 1. The maximum absolute atomic E-state index is 3.79. The van der Waals surface area contributed by atoms with Crippen molar-refractivity contribution in [2.24, 2.45) is 0 Å². The van der Waals surface area contributed by atoms with Gasteiger partial charge in [0.2, 0.25) is 0 Å². The molecule has 0 spiro atoms. The Morgan fingerprint density at radius 1 is 1.54 bits per heavy atom. The highest BCUT2D eigenvalue weighted by Crippen LogP contribution is 2.21. The molecule has 1 rings (SSSR count). The van der Waals surface area contributed by atoms with Crippen LogP contribution in [-0.4, -0.2) is 7.05 Å². The molecule has 1 aromatic rings. The highest BCUT2D eigenvalue weighted by atomic mass is 79.9. The van der Waals surface area contributed by atoms with Crippen LogP contribution in [0.5, 0.6) is 0 Å². The fourth-order valence-corrected chi connectivity index (χ4v) is 1.53. The lowest BCUT2D eigenvalue weighted by Gasteiger charge is -2.12. The summed E-state index contributed by atoms with van der Waals surface area (Å²) in [4.78, 5) is 0. The normalized spacial score (nSPS) is 12.5. The fourth-order valence-electron chi connectivity index (χ4n) is 1.28. The Balaban J connectivity index is 3.01. The molecular weight excluding hydrogens is 226 g/mol. The number of hydrogen-bond donors (Lipinski definition) is 1. The standard InChI is InChI=1S/C11H14BrN/c1-4-11(13-3)9-5-6-10(12)8(2)7-9/h4-7,11,13H,1H2,2-3H3. The van der Waals surface area contributed by atoms with Crippen molar-refractivity contribution in [3.8, 4) is 0 Å². The molecule has 0 bridgehead atoms. The van der Waals surface area contributed by atoms with Gasteiger partial charge in [0, 0.05) is 4.47 Å². The van der Waals surface area contributed by atoms with Gasteiger partial charge in [-0.2, -0.15) is 0 Å². The van der Waals surface area contributed by atoms with Gasteiger partial charge in [0.05, 0.1) is 6.04 Å². The smallest absolute Gasteiger partial charge is 0.0501 e. The summed E-state index contributed by atoms with van der Waals surface area (Å²) in [7, 11) is 1.93. The zero-order valence-electron chi connectivity index (χ0n) is 7.97. The van der Waals surface area contributed by atoms with Gasteiger partial charge in [0.25, 0.3) is 0 Å². The van der Waals surface area contributed by atoms with Crippen molar-refractivity contribution in [2.45, 2.75) is 13.0 Å². The molecule has 0 heterocycles. The number of likely N-dealkylation sites (N-methyl/N-ethyl adjacent to an activating group) is 1. The second-order valence-electron chi connectivity index (χ2n) is 3.01. The summed E-state index contributed by atoms with van der Waals surface area (Å²) in [5.41, 5.74) is 2.50. The minimum Gasteiger partial charge on any atom is -0.310 e. The second kappa shape index (κ2) is 4.58. The molecule has 2 heteroatoms. The van der Waals surface area contributed by atoms with E-state index >= 15 is 0 Å². The molecule has 1 nitrogen and oxygen atoms in total. The highest BCUT2D eigenvalue weighted by molar-refractivity contribution is 9.10. The lowest BCUT2D eigenvalue weighted by atomic mass is 10.0. The molecule has 1 aromatic carbocycles. The predicted octanol–water partition coefficient (Wildman–Crippen LogP) is 3.20. The molecule has 1 N–H and O–H groups in total. The maximum Gasteiger partial charge on any atom is 0.0501 e. The van der Waals surface area contributed by atoms with Gasteiger partial charge >= 0.3 is 0 Å². The van der Waals surface area contributed by atoms with E-state index < -0.39 is 0 Å². The van der Waals surface area contributed by atoms with E-state index in [0.717, 1.165) is 4.47 Å². The first-order chi connectivity index (χ1) is 6.19. The van der Waals surface area contributed by atoms with Gasteiger partial charge < -0.3 is 5.32 Å². The molecule has 0 amide bonds. The number of halogens is 1. The highest BCUT2D eigenvalue weighted by Gasteiger charge is 2.04. The van der Waals surface area contributed by atoms with Crippen LogP contribution in [-0.2, 0) is 0 Å². The van der Waals surface area contributed by atoms with E-state index in [4.69, 9.17) is 0 Å². The van der Waals surface area contributed by atoms with E-state index in [1.165, 1.54) is 11.1 Å². The molecule has 0 aliphatic rings. The van der Waals surface area contributed by atoms with E-state index in [1.807, 2.05) is 13.1 Å². The van der Waals surface area contributed by atoms with Crippen LogP contribution in [0.15, 0.2) is 35.3 Å². The molecule has 1 unspecified atom stereocenters. The Bertz CT molecular complexity index is 307. The second-order valence-corrected chi connectivity index (χ2v) is 3.87. The quantitative estimate of drug-likeness (QED) is 0.800. The van der Waals surface area contributed by atoms with Gasteiger partial charge in [-0.3, -0.25) is 0 Å². The molecule has 0 fully saturated rings. The summed E-state index contributed by atoms with van der Waals surface area (Å²) in [5, 5.41) is 3.18. The fraction of sp³-hybridized carbons (Fsp3) is 0.273. The molecule has 0 saturated carbocycles. The molecule has 13 heavy (non-hydrogen) atoms. The number of hydrogen-bond acceptors (Lipinski definition) is 1. The minimum absolute atomic E-state index is 0.242. The monoisotopic (exact) mass is 239 g/mol. The van der Waals surface area contributed by atoms with Crippen molar-refractivity contribution >= 4 is 15.9 Å². The zero-order chi connectivity index (χ0) is 9.84. The third-order valence-electron chi connectivity index (χ3n) is 2.09. The summed E-state index contributed by atoms with van der Waals surface area (Å²) in [6, 6.07) is 6.57. The largest absolute Gasteiger partial charge is 0.310 e. The third-order valence-corrected chi connectivity index (χ3v) is 2.98. The van der Waals surface area contributed by atoms with Crippen LogP contribution in [0.25, 0.3) is 0 Å². The van der Waals surface area contributed by atoms with E-state index in [9.17, 15) is 0 Å². The maximum atomic E-state index is 3.79. The van der Waals surface area contributed by atoms with E-state index in [0.29, 0.717) is 0 Å². The van der Waals surface area contributed by atoms with Crippen LogP contribution in [0.3, 0.4) is 0 Å². The molecule has 70 valence electrons.